The fraction of sp³-hybridized carbons (Fsp3) is 0.455. The monoisotopic (exact) mass is 265 g/mol. The lowest BCUT2D eigenvalue weighted by Crippen LogP contribution is -1.96. The third-order valence-corrected chi connectivity index (χ3v) is 1.76. The number of unbranched alkanes of at least 4 members (excludes halogenated alkanes) is 2. The van der Waals surface area contributed by atoms with Gasteiger partial charge in [0.2, 0.25) is 0 Å². The van der Waals surface area contributed by atoms with Crippen LogP contribution in [0.4, 0.5) is 0 Å². The molecule has 1 radical (unpaired) electrons. The Labute approximate surface area is 103 Å². The smallest absolute Gasteiger partial charge is 0.141 e. The molecule has 0 bridgehead atoms. The molecule has 0 aliphatic rings. The molecule has 0 saturated heterocycles. The molecule has 1 nitrogen and oxygen atoms in total. The maximum Gasteiger partial charge on any atom is 0.141 e. The van der Waals surface area contributed by atoms with Crippen LogP contribution in [0.5, 0.6) is 5.75 Å². The van der Waals surface area contributed by atoms with Crippen LogP contribution in [0.3, 0.4) is 0 Å². The highest BCUT2D eigenvalue weighted by molar-refractivity contribution is 7.90. The van der Waals surface area contributed by atoms with Crippen molar-refractivity contribution in [3.05, 3.63) is 30.3 Å². The van der Waals surface area contributed by atoms with Gasteiger partial charge in [0, 0.05) is 0 Å². The van der Waals surface area contributed by atoms with E-state index in [9.17, 15) is 0 Å². The second-order valence-electron chi connectivity index (χ2n) is 2.93. The zero-order chi connectivity index (χ0) is 11.4. The van der Waals surface area contributed by atoms with Gasteiger partial charge in [-0.05, 0) is 18.6 Å². The average molecular weight is 266 g/mol. The summed E-state index contributed by atoms with van der Waals surface area (Å²) in [5.41, 5.74) is 0. The van der Waals surface area contributed by atoms with Crippen molar-refractivity contribution in [1.82, 2.24) is 0 Å². The summed E-state index contributed by atoms with van der Waals surface area (Å²) in [6.07, 6.45) is 3.66. The second-order valence-corrected chi connectivity index (χ2v) is 4.59. The van der Waals surface area contributed by atoms with Crippen molar-refractivity contribution in [3.63, 3.8) is 0 Å². The van der Waals surface area contributed by atoms with Crippen LogP contribution in [-0.4, -0.2) is 6.61 Å². The van der Waals surface area contributed by atoms with Crippen molar-refractivity contribution < 1.29 is 4.74 Å². The van der Waals surface area contributed by atoms with Gasteiger partial charge in [-0.15, -0.1) is 0 Å². The van der Waals surface area contributed by atoms with Crippen molar-refractivity contribution in [3.8, 4) is 5.75 Å². The van der Waals surface area contributed by atoms with Crippen molar-refractivity contribution in [1.29, 1.82) is 0 Å². The minimum atomic E-state index is 0.361. The minimum absolute atomic E-state index is 0.361. The highest BCUT2D eigenvalue weighted by Gasteiger charge is 1.89. The number of hydrogen-bond donors (Lipinski definition) is 0. The van der Waals surface area contributed by atoms with Gasteiger partial charge in [-0.3, -0.25) is 0 Å². The Hall–Kier alpha value is 0.0300. The van der Waals surface area contributed by atoms with E-state index in [0.717, 1.165) is 18.8 Å². The molecule has 0 N–H and O–H groups in total. The molecule has 1 rings (SSSR count). The van der Waals surface area contributed by atoms with E-state index < -0.39 is 0 Å². The Morgan fingerprint density at radius 3 is 2.27 bits per heavy atom. The molecule has 1 aromatic rings. The molecule has 0 atom stereocenters. The maximum absolute atomic E-state index is 5.51. The summed E-state index contributed by atoms with van der Waals surface area (Å²) >= 11 is 9.47. The molecule has 0 aliphatic carbocycles. The Kier molecular flexibility index (Phi) is 12.1. The Balaban J connectivity index is 0.000000583. The largest absolute Gasteiger partial charge is 0.494 e. The maximum atomic E-state index is 5.51. The molecule has 0 heterocycles. The zero-order valence-corrected chi connectivity index (χ0v) is 11.2. The van der Waals surface area contributed by atoms with E-state index >= 15 is 0 Å². The summed E-state index contributed by atoms with van der Waals surface area (Å²) in [7, 11) is 0.361. The van der Waals surface area contributed by atoms with E-state index in [0.29, 0.717) is 7.29 Å². The highest BCUT2D eigenvalue weighted by atomic mass is 35.9. The van der Waals surface area contributed by atoms with Gasteiger partial charge in [-0.25, -0.2) is 0 Å². The molecule has 4 heteroatoms. The highest BCUT2D eigenvalue weighted by Crippen LogP contribution is 2.19. The predicted molar refractivity (Wildman–Crippen MR) is 70.1 cm³/mol. The predicted octanol–water partition coefficient (Wildman–Crippen LogP) is 5.50. The molecule has 0 amide bonds. The third kappa shape index (κ3) is 10.3. The van der Waals surface area contributed by atoms with E-state index in [1.165, 1.54) is 12.8 Å². The van der Waals surface area contributed by atoms with Crippen LogP contribution in [0.2, 0.25) is 0 Å². The fourth-order valence-corrected chi connectivity index (χ4v) is 1.06. The molecule has 0 aromatic heterocycles. The molecule has 0 unspecified atom stereocenters. The Bertz CT molecular complexity index is 219. The van der Waals surface area contributed by atoms with Gasteiger partial charge in [0.1, 0.15) is 13.0 Å². The number of rotatable bonds is 5. The topological polar surface area (TPSA) is 9.23 Å². The van der Waals surface area contributed by atoms with Crippen LogP contribution >= 0.6 is 29.8 Å². The minimum Gasteiger partial charge on any atom is -0.494 e. The van der Waals surface area contributed by atoms with E-state index in [-0.39, 0.29) is 0 Å². The van der Waals surface area contributed by atoms with E-state index in [2.05, 4.69) is 6.92 Å². The average Bonchev–Trinajstić information content (AvgIpc) is 2.27. The van der Waals surface area contributed by atoms with Crippen molar-refractivity contribution in [2.24, 2.45) is 0 Å². The molecule has 0 fully saturated rings. The molecule has 1 aromatic carbocycles. The van der Waals surface area contributed by atoms with E-state index in [1.807, 2.05) is 30.3 Å². The molecule has 15 heavy (non-hydrogen) atoms. The lowest BCUT2D eigenvalue weighted by Gasteiger charge is -2.04. The van der Waals surface area contributed by atoms with Gasteiger partial charge in [0.05, 0.1) is 6.61 Å². The quantitative estimate of drug-likeness (QED) is 0.505. The van der Waals surface area contributed by atoms with E-state index in [4.69, 9.17) is 27.2 Å². The van der Waals surface area contributed by atoms with Crippen LogP contribution < -0.4 is 4.74 Å². The number of ether oxygens (including phenoxy) is 1. The first-order valence-electron chi connectivity index (χ1n) is 4.95. The third-order valence-electron chi connectivity index (χ3n) is 1.76. The summed E-state index contributed by atoms with van der Waals surface area (Å²) in [6.45, 7) is 3.04. The van der Waals surface area contributed by atoms with Gasteiger partial charge < -0.3 is 4.74 Å². The summed E-state index contributed by atoms with van der Waals surface area (Å²) in [5, 5.41) is 0. The van der Waals surface area contributed by atoms with Crippen LogP contribution in [0.15, 0.2) is 30.3 Å². The molecule has 85 valence electrons. The second kappa shape index (κ2) is 12.1. The van der Waals surface area contributed by atoms with Crippen molar-refractivity contribution in [2.45, 2.75) is 26.2 Å². The number of hydrogen-bond acceptors (Lipinski definition) is 1. The van der Waals surface area contributed by atoms with Gasteiger partial charge in [0.15, 0.2) is 0 Å². The normalized spacial score (nSPS) is 9.00. The Morgan fingerprint density at radius 2 is 1.73 bits per heavy atom. The number of halogens is 2. The van der Waals surface area contributed by atoms with Crippen LogP contribution in [-0.2, 0) is 0 Å². The van der Waals surface area contributed by atoms with Crippen molar-refractivity contribution >= 4 is 29.8 Å². The SMILES string of the molecule is CCCCCOc1ccccc1.Cl[P]Cl. The van der Waals surface area contributed by atoms with Gasteiger partial charge >= 0.3 is 0 Å². The van der Waals surface area contributed by atoms with Gasteiger partial charge in [-0.2, -0.15) is 0 Å². The number of benzene rings is 1. The molecule has 0 aliphatic heterocycles. The molecule has 0 saturated carbocycles. The summed E-state index contributed by atoms with van der Waals surface area (Å²) in [6, 6.07) is 9.97. The van der Waals surface area contributed by atoms with Gasteiger partial charge in [-0.1, -0.05) is 60.4 Å². The first-order valence-corrected chi connectivity index (χ1v) is 7.65. The summed E-state index contributed by atoms with van der Waals surface area (Å²) < 4.78 is 5.51. The van der Waals surface area contributed by atoms with Crippen LogP contribution in [0.1, 0.15) is 26.2 Å². The lowest BCUT2D eigenvalue weighted by atomic mass is 10.3. The first-order chi connectivity index (χ1) is 7.35. The molecule has 0 spiro atoms. The lowest BCUT2D eigenvalue weighted by molar-refractivity contribution is 0.306. The van der Waals surface area contributed by atoms with Crippen LogP contribution in [0.25, 0.3) is 0 Å². The summed E-state index contributed by atoms with van der Waals surface area (Å²) in [5.74, 6) is 0.980. The zero-order valence-electron chi connectivity index (χ0n) is 8.83. The van der Waals surface area contributed by atoms with Crippen LogP contribution in [0, 0.1) is 0 Å². The van der Waals surface area contributed by atoms with Crippen molar-refractivity contribution in [2.75, 3.05) is 6.61 Å². The van der Waals surface area contributed by atoms with E-state index in [1.54, 1.807) is 0 Å². The standard InChI is InChI=1S/C11H16O.Cl2P/c1-2-3-7-10-12-11-8-5-4-6-9-11;1-3-2/h4-6,8-9H,2-3,7,10H2,1H3;. The fourth-order valence-electron chi connectivity index (χ4n) is 1.06. The Morgan fingerprint density at radius 1 is 1.13 bits per heavy atom. The molecular formula is C11H16Cl2OP. The summed E-state index contributed by atoms with van der Waals surface area (Å²) in [4.78, 5) is 0. The number of para-hydroxylation sites is 1. The van der Waals surface area contributed by atoms with Gasteiger partial charge in [0.25, 0.3) is 0 Å². The first kappa shape index (κ1) is 15.0. The molecular weight excluding hydrogens is 250 g/mol.